The normalized spacial score (nSPS) is 21.9. The van der Waals surface area contributed by atoms with Crippen LogP contribution in [0.2, 0.25) is 0 Å². The Hall–Kier alpha value is -1.68. The SMILES string of the molecule is C[C@@H](N[C@@H]1CC(=O)NC1=O)c1ccccc1. The third kappa shape index (κ3) is 2.28. The van der Waals surface area contributed by atoms with E-state index in [1.807, 2.05) is 37.3 Å². The largest absolute Gasteiger partial charge is 0.299 e. The minimum atomic E-state index is -0.400. The number of imide groups is 1. The molecule has 16 heavy (non-hydrogen) atoms. The Morgan fingerprint density at radius 3 is 2.56 bits per heavy atom. The number of nitrogens with one attached hydrogen (secondary N) is 2. The molecule has 0 unspecified atom stereocenters. The summed E-state index contributed by atoms with van der Waals surface area (Å²) in [7, 11) is 0. The summed E-state index contributed by atoms with van der Waals surface area (Å²) in [6, 6.07) is 9.49. The van der Waals surface area contributed by atoms with Gasteiger partial charge < -0.3 is 0 Å². The van der Waals surface area contributed by atoms with Crippen LogP contribution in [0.15, 0.2) is 30.3 Å². The summed E-state index contributed by atoms with van der Waals surface area (Å²) in [5, 5.41) is 5.43. The third-order valence-electron chi connectivity index (χ3n) is 2.72. The van der Waals surface area contributed by atoms with E-state index in [0.29, 0.717) is 0 Å². The van der Waals surface area contributed by atoms with Gasteiger partial charge in [0.25, 0.3) is 0 Å². The van der Waals surface area contributed by atoms with E-state index in [-0.39, 0.29) is 24.3 Å². The second-order valence-corrected chi connectivity index (χ2v) is 3.97. The zero-order valence-electron chi connectivity index (χ0n) is 9.07. The summed E-state index contributed by atoms with van der Waals surface area (Å²) in [6.45, 7) is 1.98. The lowest BCUT2D eigenvalue weighted by Gasteiger charge is -2.17. The minimum absolute atomic E-state index is 0.0582. The van der Waals surface area contributed by atoms with E-state index in [4.69, 9.17) is 0 Å². The highest BCUT2D eigenvalue weighted by atomic mass is 16.2. The van der Waals surface area contributed by atoms with Gasteiger partial charge in [-0.1, -0.05) is 30.3 Å². The van der Waals surface area contributed by atoms with Crippen LogP contribution >= 0.6 is 0 Å². The molecule has 84 valence electrons. The van der Waals surface area contributed by atoms with E-state index in [1.54, 1.807) is 0 Å². The van der Waals surface area contributed by atoms with Crippen molar-refractivity contribution in [2.24, 2.45) is 0 Å². The van der Waals surface area contributed by atoms with Gasteiger partial charge in [-0.2, -0.15) is 0 Å². The maximum Gasteiger partial charge on any atom is 0.244 e. The molecule has 1 aliphatic heterocycles. The van der Waals surface area contributed by atoms with Gasteiger partial charge in [0, 0.05) is 6.04 Å². The van der Waals surface area contributed by atoms with Crippen molar-refractivity contribution in [1.82, 2.24) is 10.6 Å². The molecular formula is C12H14N2O2. The van der Waals surface area contributed by atoms with Gasteiger partial charge >= 0.3 is 0 Å². The van der Waals surface area contributed by atoms with Crippen LogP contribution in [0, 0.1) is 0 Å². The number of benzene rings is 1. The molecule has 2 atom stereocenters. The molecule has 1 aliphatic rings. The number of amides is 2. The molecule has 1 fully saturated rings. The second-order valence-electron chi connectivity index (χ2n) is 3.97. The molecule has 1 heterocycles. The smallest absolute Gasteiger partial charge is 0.244 e. The van der Waals surface area contributed by atoms with Crippen LogP contribution in [0.25, 0.3) is 0 Å². The summed E-state index contributed by atoms with van der Waals surface area (Å²) in [4.78, 5) is 22.4. The van der Waals surface area contributed by atoms with Crippen LogP contribution in [0.4, 0.5) is 0 Å². The Morgan fingerprint density at radius 2 is 2.00 bits per heavy atom. The topological polar surface area (TPSA) is 58.2 Å². The highest BCUT2D eigenvalue weighted by molar-refractivity contribution is 6.05. The monoisotopic (exact) mass is 218 g/mol. The van der Waals surface area contributed by atoms with Gasteiger partial charge in [-0.15, -0.1) is 0 Å². The van der Waals surface area contributed by atoms with Crippen LogP contribution in [-0.2, 0) is 9.59 Å². The van der Waals surface area contributed by atoms with E-state index in [9.17, 15) is 9.59 Å². The van der Waals surface area contributed by atoms with Crippen molar-refractivity contribution >= 4 is 11.8 Å². The number of carbonyl (C=O) groups excluding carboxylic acids is 2. The molecule has 0 aliphatic carbocycles. The molecule has 1 aromatic rings. The predicted octanol–water partition coefficient (Wildman–Crippen LogP) is 0.752. The van der Waals surface area contributed by atoms with Crippen molar-refractivity contribution < 1.29 is 9.59 Å². The maximum absolute atomic E-state index is 11.4. The molecule has 0 aromatic heterocycles. The molecule has 0 spiro atoms. The summed E-state index contributed by atoms with van der Waals surface area (Å²) >= 11 is 0. The average molecular weight is 218 g/mol. The quantitative estimate of drug-likeness (QED) is 0.736. The fourth-order valence-electron chi connectivity index (χ4n) is 1.83. The van der Waals surface area contributed by atoms with Crippen LogP contribution in [0.1, 0.15) is 24.9 Å². The molecule has 2 N–H and O–H groups in total. The van der Waals surface area contributed by atoms with Crippen molar-refractivity contribution in [2.75, 3.05) is 0 Å². The number of carbonyl (C=O) groups is 2. The molecule has 4 heteroatoms. The molecule has 0 bridgehead atoms. The van der Waals surface area contributed by atoms with E-state index >= 15 is 0 Å². The first-order chi connectivity index (χ1) is 7.66. The van der Waals surface area contributed by atoms with Crippen LogP contribution in [-0.4, -0.2) is 17.9 Å². The molecule has 1 saturated heterocycles. The molecule has 2 rings (SSSR count). The number of rotatable bonds is 3. The summed E-state index contributed by atoms with van der Waals surface area (Å²) in [5.41, 5.74) is 1.11. The fourth-order valence-corrected chi connectivity index (χ4v) is 1.83. The second kappa shape index (κ2) is 4.45. The maximum atomic E-state index is 11.4. The lowest BCUT2D eigenvalue weighted by atomic mass is 10.1. The lowest BCUT2D eigenvalue weighted by molar-refractivity contribution is -0.125. The summed E-state index contributed by atoms with van der Waals surface area (Å²) in [6.07, 6.45) is 0.232. The third-order valence-corrected chi connectivity index (χ3v) is 2.72. The number of hydrogen-bond acceptors (Lipinski definition) is 3. The molecule has 1 aromatic carbocycles. The van der Waals surface area contributed by atoms with Gasteiger partial charge in [0.1, 0.15) is 0 Å². The Kier molecular flexibility index (Phi) is 3.01. The lowest BCUT2D eigenvalue weighted by Crippen LogP contribution is -2.37. The van der Waals surface area contributed by atoms with Gasteiger partial charge in [-0.25, -0.2) is 0 Å². The van der Waals surface area contributed by atoms with Gasteiger partial charge in [-0.05, 0) is 12.5 Å². The highest BCUT2D eigenvalue weighted by Gasteiger charge is 2.31. The van der Waals surface area contributed by atoms with Gasteiger partial charge in [0.15, 0.2) is 0 Å². The van der Waals surface area contributed by atoms with Crippen LogP contribution < -0.4 is 10.6 Å². The van der Waals surface area contributed by atoms with Crippen LogP contribution in [0.5, 0.6) is 0 Å². The Morgan fingerprint density at radius 1 is 1.31 bits per heavy atom. The summed E-state index contributed by atoms with van der Waals surface area (Å²) in [5.74, 6) is -0.435. The highest BCUT2D eigenvalue weighted by Crippen LogP contribution is 2.14. The first-order valence-electron chi connectivity index (χ1n) is 5.31. The van der Waals surface area contributed by atoms with E-state index in [1.165, 1.54) is 0 Å². The van der Waals surface area contributed by atoms with Crippen molar-refractivity contribution in [3.05, 3.63) is 35.9 Å². The Balaban J connectivity index is 2.00. The minimum Gasteiger partial charge on any atom is -0.299 e. The average Bonchev–Trinajstić information content (AvgIpc) is 2.59. The number of hydrogen-bond donors (Lipinski definition) is 2. The van der Waals surface area contributed by atoms with Crippen molar-refractivity contribution in [1.29, 1.82) is 0 Å². The zero-order chi connectivity index (χ0) is 11.5. The molecule has 2 amide bonds. The van der Waals surface area contributed by atoms with Gasteiger partial charge in [0.05, 0.1) is 12.5 Å². The Labute approximate surface area is 94.0 Å². The van der Waals surface area contributed by atoms with Crippen molar-refractivity contribution in [3.8, 4) is 0 Å². The van der Waals surface area contributed by atoms with E-state index < -0.39 is 6.04 Å². The van der Waals surface area contributed by atoms with Gasteiger partial charge in [0.2, 0.25) is 11.8 Å². The van der Waals surface area contributed by atoms with E-state index in [0.717, 1.165) is 5.56 Å². The molecule has 0 radical (unpaired) electrons. The summed E-state index contributed by atoms with van der Waals surface area (Å²) < 4.78 is 0. The molecule has 4 nitrogen and oxygen atoms in total. The van der Waals surface area contributed by atoms with E-state index in [2.05, 4.69) is 10.6 Å². The fraction of sp³-hybridized carbons (Fsp3) is 0.333. The molecule has 0 saturated carbocycles. The standard InChI is InChI=1S/C12H14N2O2/c1-8(9-5-3-2-4-6-9)13-10-7-11(15)14-12(10)16/h2-6,8,10,13H,7H2,1H3,(H,14,15,16)/t8-,10-/m1/s1. The zero-order valence-corrected chi connectivity index (χ0v) is 9.07. The Bertz CT molecular complexity index is 403. The molecular weight excluding hydrogens is 204 g/mol. The first kappa shape index (κ1) is 10.8. The van der Waals surface area contributed by atoms with Gasteiger partial charge in [-0.3, -0.25) is 20.2 Å². The van der Waals surface area contributed by atoms with Crippen molar-refractivity contribution in [2.45, 2.75) is 25.4 Å². The van der Waals surface area contributed by atoms with Crippen molar-refractivity contribution in [3.63, 3.8) is 0 Å². The predicted molar refractivity (Wildman–Crippen MR) is 59.5 cm³/mol. The van der Waals surface area contributed by atoms with Crippen LogP contribution in [0.3, 0.4) is 0 Å². The first-order valence-corrected chi connectivity index (χ1v) is 5.31.